The molecule has 2 saturated heterocycles. The van der Waals surface area contributed by atoms with Crippen LogP contribution >= 0.6 is 11.6 Å². The third-order valence-electron chi connectivity index (χ3n) is 6.44. The van der Waals surface area contributed by atoms with Crippen LogP contribution in [0, 0.1) is 5.82 Å². The number of anilines is 3. The van der Waals surface area contributed by atoms with E-state index in [0.717, 1.165) is 49.4 Å². The Morgan fingerprint density at radius 1 is 1.22 bits per heavy atom. The van der Waals surface area contributed by atoms with Gasteiger partial charge < -0.3 is 20.3 Å². The Kier molecular flexibility index (Phi) is 6.96. The number of aromatic nitrogens is 1. The topological polar surface area (TPSA) is 86.8 Å². The van der Waals surface area contributed by atoms with Gasteiger partial charge in [-0.15, -0.1) is 0 Å². The Hall–Kier alpha value is -4.11. The summed E-state index contributed by atoms with van der Waals surface area (Å²) in [4.78, 5) is 32.9. The van der Waals surface area contributed by atoms with Crippen LogP contribution in [0.15, 0.2) is 60.4 Å². The van der Waals surface area contributed by atoms with Crippen LogP contribution in [0.1, 0.15) is 28.8 Å². The van der Waals surface area contributed by atoms with Gasteiger partial charge in [0.1, 0.15) is 17.4 Å². The molecule has 2 aromatic carbocycles. The number of rotatable bonds is 8. The van der Waals surface area contributed by atoms with Gasteiger partial charge in [-0.05, 0) is 42.8 Å². The number of likely N-dealkylation sites (tertiary alicyclic amines) is 1. The third kappa shape index (κ3) is 4.95. The maximum absolute atomic E-state index is 15.2. The molecule has 3 heterocycles. The molecule has 0 saturated carbocycles. The van der Waals surface area contributed by atoms with Gasteiger partial charge in [-0.3, -0.25) is 14.5 Å². The lowest BCUT2D eigenvalue weighted by Gasteiger charge is -2.39. The molecule has 0 bridgehead atoms. The number of benzene rings is 2. The monoisotopic (exact) mass is 521 g/mol. The minimum absolute atomic E-state index is 0.109. The minimum atomic E-state index is -0.648. The van der Waals surface area contributed by atoms with E-state index in [1.807, 2.05) is 0 Å². The summed E-state index contributed by atoms with van der Waals surface area (Å²) in [6.45, 7) is 2.77. The lowest BCUT2D eigenvalue weighted by molar-refractivity contribution is -0.106. The summed E-state index contributed by atoms with van der Waals surface area (Å²) >= 11 is 5.93. The third-order valence-corrected chi connectivity index (χ3v) is 6.66. The zero-order chi connectivity index (χ0) is 25.9. The summed E-state index contributed by atoms with van der Waals surface area (Å²) < 4.78 is 20.5. The molecule has 10 heteroatoms. The Morgan fingerprint density at radius 3 is 2.59 bits per heavy atom. The summed E-state index contributed by atoms with van der Waals surface area (Å²) in [7, 11) is 1.49. The van der Waals surface area contributed by atoms with E-state index in [0.29, 0.717) is 22.9 Å². The Morgan fingerprint density at radius 2 is 2.03 bits per heavy atom. The highest BCUT2D eigenvalue weighted by Gasteiger charge is 2.26. The van der Waals surface area contributed by atoms with E-state index in [1.54, 1.807) is 36.4 Å². The summed E-state index contributed by atoms with van der Waals surface area (Å²) in [5.41, 5.74) is 3.31. The highest BCUT2D eigenvalue weighted by atomic mass is 35.5. The van der Waals surface area contributed by atoms with Gasteiger partial charge in [0.05, 0.1) is 34.8 Å². The Bertz CT molecular complexity index is 1370. The van der Waals surface area contributed by atoms with Gasteiger partial charge in [-0.25, -0.2) is 9.37 Å². The fourth-order valence-corrected chi connectivity index (χ4v) is 4.38. The molecule has 2 aliphatic heterocycles. The van der Waals surface area contributed by atoms with Crippen LogP contribution in [0.4, 0.5) is 21.6 Å². The number of carbonyl (C=O) groups excluding carboxylic acids is 2. The average Bonchev–Trinajstić information content (AvgIpc) is 2.83. The number of methoxy groups -OCH3 is 1. The van der Waals surface area contributed by atoms with Crippen molar-refractivity contribution >= 4 is 46.8 Å². The molecule has 0 spiro atoms. The molecule has 190 valence electrons. The summed E-state index contributed by atoms with van der Waals surface area (Å²) in [5.74, 6) is -0.532. The maximum Gasteiger partial charge on any atom is 0.258 e. The predicted octanol–water partition coefficient (Wildman–Crippen LogP) is 4.80. The van der Waals surface area contributed by atoms with Gasteiger partial charge in [-0.1, -0.05) is 17.7 Å². The summed E-state index contributed by atoms with van der Waals surface area (Å²) in [6, 6.07) is 12.6. The molecule has 3 aromatic rings. The largest absolute Gasteiger partial charge is 0.497 e. The standard InChI is InChI=1S/C27H25ClFN5O3/c1-37-19-5-7-22(24(14-19)34(16-35)25-8-4-18(28)15-31-25)32-27(36)20-6-3-17(13-21(20)29)26(23-9-10-30-23)33-11-2-12-33/h3-8,13-16,30H,2,9-12H2,1H3,(H,32,36). The van der Waals surface area contributed by atoms with Gasteiger partial charge in [0.25, 0.3) is 5.91 Å². The first kappa shape index (κ1) is 24.6. The van der Waals surface area contributed by atoms with Crippen molar-refractivity contribution in [2.75, 3.05) is 37.0 Å². The number of ether oxygens (including phenoxy) is 1. The van der Waals surface area contributed by atoms with E-state index in [-0.39, 0.29) is 17.1 Å². The quantitative estimate of drug-likeness (QED) is 0.414. The zero-order valence-corrected chi connectivity index (χ0v) is 20.9. The molecule has 0 unspecified atom stereocenters. The average molecular weight is 522 g/mol. The fourth-order valence-electron chi connectivity index (χ4n) is 4.26. The van der Waals surface area contributed by atoms with Crippen molar-refractivity contribution in [3.8, 4) is 5.75 Å². The second-order valence-electron chi connectivity index (χ2n) is 8.69. The lowest BCUT2D eigenvalue weighted by Crippen LogP contribution is -2.40. The van der Waals surface area contributed by atoms with Gasteiger partial charge in [0, 0.05) is 49.6 Å². The van der Waals surface area contributed by atoms with E-state index >= 15 is 4.39 Å². The Labute approximate surface area is 218 Å². The summed E-state index contributed by atoms with van der Waals surface area (Å²) in [6.07, 6.45) is 4.00. The molecule has 0 radical (unpaired) electrons. The molecule has 2 N–H and O–H groups in total. The van der Waals surface area contributed by atoms with Crippen molar-refractivity contribution in [2.45, 2.75) is 12.8 Å². The number of nitrogens with one attached hydrogen (secondary N) is 2. The normalized spacial score (nSPS) is 15.6. The van der Waals surface area contributed by atoms with E-state index in [9.17, 15) is 9.59 Å². The van der Waals surface area contributed by atoms with Crippen molar-refractivity contribution in [3.63, 3.8) is 0 Å². The maximum atomic E-state index is 15.2. The predicted molar refractivity (Wildman–Crippen MR) is 141 cm³/mol. The number of hydrogen-bond donors (Lipinski definition) is 2. The first-order valence-corrected chi connectivity index (χ1v) is 12.2. The van der Waals surface area contributed by atoms with E-state index < -0.39 is 11.7 Å². The summed E-state index contributed by atoms with van der Waals surface area (Å²) in [5, 5.41) is 6.45. The van der Waals surface area contributed by atoms with E-state index in [2.05, 4.69) is 20.5 Å². The molecule has 5 rings (SSSR count). The van der Waals surface area contributed by atoms with Gasteiger partial charge in [-0.2, -0.15) is 0 Å². The number of nitrogens with zero attached hydrogens (tertiary/aromatic N) is 3. The molecule has 2 fully saturated rings. The first-order chi connectivity index (χ1) is 18.0. The number of pyridine rings is 1. The van der Waals surface area contributed by atoms with Crippen molar-refractivity contribution in [1.82, 2.24) is 15.2 Å². The SMILES string of the molecule is COc1ccc(NC(=O)c2ccc(C(=C3CCN3)N3CCC3)cc2F)c(N(C=O)c2ccc(Cl)cn2)c1. The molecule has 0 atom stereocenters. The smallest absolute Gasteiger partial charge is 0.258 e. The Balaban J connectivity index is 1.44. The van der Waals surface area contributed by atoms with Crippen molar-refractivity contribution in [3.05, 3.63) is 82.4 Å². The van der Waals surface area contributed by atoms with Crippen molar-refractivity contribution in [1.29, 1.82) is 0 Å². The minimum Gasteiger partial charge on any atom is -0.497 e. The molecule has 1 aromatic heterocycles. The molecule has 8 nitrogen and oxygen atoms in total. The molecule has 2 amide bonds. The fraction of sp³-hybridized carbons (Fsp3) is 0.222. The molecular formula is C27H25ClFN5O3. The highest BCUT2D eigenvalue weighted by molar-refractivity contribution is 6.30. The van der Waals surface area contributed by atoms with Crippen LogP contribution in [0.5, 0.6) is 5.75 Å². The van der Waals surface area contributed by atoms with Crippen LogP contribution < -0.4 is 20.3 Å². The van der Waals surface area contributed by atoms with Gasteiger partial charge in [0.2, 0.25) is 6.41 Å². The molecule has 0 aliphatic carbocycles. The van der Waals surface area contributed by atoms with Crippen LogP contribution in [-0.4, -0.2) is 48.9 Å². The zero-order valence-electron chi connectivity index (χ0n) is 20.1. The van der Waals surface area contributed by atoms with Crippen LogP contribution in [-0.2, 0) is 4.79 Å². The second kappa shape index (κ2) is 10.5. The number of hydrogen-bond acceptors (Lipinski definition) is 6. The van der Waals surface area contributed by atoms with E-state index in [4.69, 9.17) is 16.3 Å². The first-order valence-electron chi connectivity index (χ1n) is 11.9. The molecule has 37 heavy (non-hydrogen) atoms. The van der Waals surface area contributed by atoms with Gasteiger partial charge in [0.15, 0.2) is 0 Å². The molecule has 2 aliphatic rings. The highest BCUT2D eigenvalue weighted by Crippen LogP contribution is 2.35. The van der Waals surface area contributed by atoms with Gasteiger partial charge >= 0.3 is 0 Å². The van der Waals surface area contributed by atoms with Crippen LogP contribution in [0.2, 0.25) is 5.02 Å². The van der Waals surface area contributed by atoms with Crippen molar-refractivity contribution in [2.24, 2.45) is 0 Å². The number of amides is 2. The van der Waals surface area contributed by atoms with Crippen LogP contribution in [0.3, 0.4) is 0 Å². The second-order valence-corrected chi connectivity index (χ2v) is 9.12. The van der Waals surface area contributed by atoms with Crippen molar-refractivity contribution < 1.29 is 18.7 Å². The van der Waals surface area contributed by atoms with E-state index in [1.165, 1.54) is 30.3 Å². The lowest BCUT2D eigenvalue weighted by atomic mass is 9.99. The number of halogens is 2. The molecular weight excluding hydrogens is 497 g/mol. The number of carbonyl (C=O) groups is 2. The van der Waals surface area contributed by atoms with Crippen LogP contribution in [0.25, 0.3) is 5.70 Å².